The van der Waals surface area contributed by atoms with Gasteiger partial charge < -0.3 is 9.73 Å². The predicted octanol–water partition coefficient (Wildman–Crippen LogP) is 1.72. The van der Waals surface area contributed by atoms with Gasteiger partial charge in [-0.15, -0.1) is 0 Å². The number of fused-ring (bicyclic) bond motifs is 1. The Kier molecular flexibility index (Phi) is 3.84. The third kappa shape index (κ3) is 2.54. The average Bonchev–Trinajstić information content (AvgIpc) is 2.84. The molecule has 1 amide bonds. The molecule has 0 aliphatic carbocycles. The lowest BCUT2D eigenvalue weighted by Gasteiger charge is -2.08. The molecule has 0 spiro atoms. The number of nitrogens with one attached hydrogen (secondary N) is 2. The minimum atomic E-state index is -0.622. The molecule has 7 heteroatoms. The normalized spacial score (nSPS) is 11.2. The fourth-order valence-electron chi connectivity index (χ4n) is 2.61. The topological polar surface area (TPSA) is 97.1 Å². The number of nitrogens with zero attached hydrogens (tertiary/aromatic N) is 1. The van der Waals surface area contributed by atoms with Gasteiger partial charge in [0.2, 0.25) is 5.71 Å². The van der Waals surface area contributed by atoms with Crippen molar-refractivity contribution in [3.63, 3.8) is 0 Å². The van der Waals surface area contributed by atoms with E-state index in [0.717, 1.165) is 4.57 Å². The second-order valence-electron chi connectivity index (χ2n) is 5.77. The molecule has 24 heavy (non-hydrogen) atoms. The van der Waals surface area contributed by atoms with Crippen molar-refractivity contribution in [3.8, 4) is 5.69 Å². The number of furan rings is 1. The Hall–Kier alpha value is -3.09. The van der Waals surface area contributed by atoms with Crippen molar-refractivity contribution >= 4 is 17.0 Å². The van der Waals surface area contributed by atoms with Gasteiger partial charge in [0.1, 0.15) is 11.1 Å². The van der Waals surface area contributed by atoms with Crippen molar-refractivity contribution < 1.29 is 9.21 Å². The van der Waals surface area contributed by atoms with E-state index in [1.165, 1.54) is 0 Å². The third-order valence-corrected chi connectivity index (χ3v) is 3.59. The van der Waals surface area contributed by atoms with Crippen LogP contribution < -0.4 is 16.6 Å². The van der Waals surface area contributed by atoms with Crippen LogP contribution in [0.4, 0.5) is 0 Å². The number of aryl methyl sites for hydroxylation is 1. The monoisotopic (exact) mass is 327 g/mol. The van der Waals surface area contributed by atoms with E-state index < -0.39 is 17.2 Å². The fraction of sp³-hybridized carbons (Fsp3) is 0.235. The van der Waals surface area contributed by atoms with Gasteiger partial charge in [0.05, 0.1) is 11.3 Å². The zero-order valence-corrected chi connectivity index (χ0v) is 13.5. The summed E-state index contributed by atoms with van der Waals surface area (Å²) in [5.74, 6) is -0.133. The average molecular weight is 327 g/mol. The third-order valence-electron chi connectivity index (χ3n) is 3.59. The SMILES string of the molecule is Cc1oc2[nH]c(=O)n(-c3ccccc3)c(=O)c2c1C(=O)NC(C)C. The van der Waals surface area contributed by atoms with Crippen LogP contribution >= 0.6 is 0 Å². The largest absolute Gasteiger partial charge is 0.444 e. The number of carbonyl (C=O) groups excluding carboxylic acids is 1. The van der Waals surface area contributed by atoms with Crippen LogP contribution in [0.5, 0.6) is 0 Å². The molecule has 0 radical (unpaired) electrons. The van der Waals surface area contributed by atoms with Crippen molar-refractivity contribution in [2.75, 3.05) is 0 Å². The Morgan fingerprint density at radius 1 is 1.21 bits per heavy atom. The Balaban J connectivity index is 2.33. The lowest BCUT2D eigenvalue weighted by molar-refractivity contribution is 0.0943. The quantitative estimate of drug-likeness (QED) is 0.765. The highest BCUT2D eigenvalue weighted by molar-refractivity contribution is 6.06. The number of rotatable bonds is 3. The molecule has 2 aromatic heterocycles. The molecule has 3 aromatic rings. The summed E-state index contributed by atoms with van der Waals surface area (Å²) in [6.45, 7) is 5.22. The second-order valence-corrected chi connectivity index (χ2v) is 5.77. The van der Waals surface area contributed by atoms with E-state index in [-0.39, 0.29) is 28.5 Å². The summed E-state index contributed by atoms with van der Waals surface area (Å²) in [5.41, 5.74) is -0.651. The minimum Gasteiger partial charge on any atom is -0.444 e. The van der Waals surface area contributed by atoms with Crippen LogP contribution in [-0.4, -0.2) is 21.5 Å². The van der Waals surface area contributed by atoms with Crippen LogP contribution in [0.3, 0.4) is 0 Å². The molecule has 0 bridgehead atoms. The van der Waals surface area contributed by atoms with Crippen LogP contribution in [-0.2, 0) is 0 Å². The number of hydrogen-bond acceptors (Lipinski definition) is 4. The number of aromatic amines is 1. The standard InChI is InChI=1S/C17H17N3O4/c1-9(2)18-14(21)12-10(3)24-15-13(12)16(22)20(17(23)19-15)11-7-5-4-6-8-11/h4-9H,1-3H3,(H,18,21)(H,19,23). The highest BCUT2D eigenvalue weighted by atomic mass is 16.3. The molecule has 2 N–H and O–H groups in total. The highest BCUT2D eigenvalue weighted by Crippen LogP contribution is 2.20. The number of benzene rings is 1. The zero-order chi connectivity index (χ0) is 17.4. The van der Waals surface area contributed by atoms with Gasteiger partial charge in [-0.3, -0.25) is 14.6 Å². The molecule has 124 valence electrons. The number of carbonyl (C=O) groups is 1. The molecule has 7 nitrogen and oxygen atoms in total. The predicted molar refractivity (Wildman–Crippen MR) is 89.8 cm³/mol. The Bertz CT molecular complexity index is 1030. The van der Waals surface area contributed by atoms with Crippen LogP contribution in [0, 0.1) is 6.92 Å². The van der Waals surface area contributed by atoms with Crippen molar-refractivity contribution in [1.29, 1.82) is 0 Å². The molecule has 0 saturated heterocycles. The smallest absolute Gasteiger partial charge is 0.335 e. The first-order valence-corrected chi connectivity index (χ1v) is 7.55. The van der Waals surface area contributed by atoms with Gasteiger partial charge >= 0.3 is 5.69 Å². The second kappa shape index (κ2) is 5.84. The van der Waals surface area contributed by atoms with E-state index in [2.05, 4.69) is 10.3 Å². The van der Waals surface area contributed by atoms with Crippen LogP contribution in [0.15, 0.2) is 44.3 Å². The number of H-pyrrole nitrogens is 1. The number of para-hydroxylation sites is 1. The van der Waals surface area contributed by atoms with Gasteiger partial charge in [-0.1, -0.05) is 18.2 Å². The minimum absolute atomic E-state index is 0.00332. The zero-order valence-electron chi connectivity index (χ0n) is 13.5. The van der Waals surface area contributed by atoms with E-state index in [4.69, 9.17) is 4.42 Å². The lowest BCUT2D eigenvalue weighted by Crippen LogP contribution is -2.35. The summed E-state index contributed by atoms with van der Waals surface area (Å²) in [6.07, 6.45) is 0. The van der Waals surface area contributed by atoms with Gasteiger partial charge in [0.25, 0.3) is 11.5 Å². The van der Waals surface area contributed by atoms with Crippen molar-refractivity contribution in [2.45, 2.75) is 26.8 Å². The summed E-state index contributed by atoms with van der Waals surface area (Å²) < 4.78 is 6.41. The van der Waals surface area contributed by atoms with Gasteiger partial charge in [0, 0.05) is 6.04 Å². The molecular formula is C17H17N3O4. The van der Waals surface area contributed by atoms with E-state index >= 15 is 0 Å². The fourth-order valence-corrected chi connectivity index (χ4v) is 2.61. The summed E-state index contributed by atoms with van der Waals surface area (Å²) in [7, 11) is 0. The molecule has 0 aliphatic rings. The molecular weight excluding hydrogens is 310 g/mol. The first-order chi connectivity index (χ1) is 11.4. The van der Waals surface area contributed by atoms with Gasteiger partial charge in [-0.25, -0.2) is 9.36 Å². The van der Waals surface area contributed by atoms with Crippen molar-refractivity contribution in [3.05, 3.63) is 62.5 Å². The van der Waals surface area contributed by atoms with Crippen LogP contribution in [0.1, 0.15) is 30.0 Å². The number of hydrogen-bond donors (Lipinski definition) is 2. The maximum absolute atomic E-state index is 12.9. The molecule has 1 aromatic carbocycles. The van der Waals surface area contributed by atoms with E-state index in [9.17, 15) is 14.4 Å². The molecule has 0 saturated carbocycles. The molecule has 0 unspecified atom stereocenters. The summed E-state index contributed by atoms with van der Waals surface area (Å²) in [6, 6.07) is 8.41. The molecule has 0 atom stereocenters. The summed E-state index contributed by atoms with van der Waals surface area (Å²) in [4.78, 5) is 40.1. The number of amides is 1. The molecule has 2 heterocycles. The number of aromatic nitrogens is 2. The van der Waals surface area contributed by atoms with E-state index in [0.29, 0.717) is 5.69 Å². The Morgan fingerprint density at radius 2 is 1.88 bits per heavy atom. The van der Waals surface area contributed by atoms with Gasteiger partial charge in [-0.05, 0) is 32.9 Å². The first-order valence-electron chi connectivity index (χ1n) is 7.55. The van der Waals surface area contributed by atoms with Gasteiger partial charge in [-0.2, -0.15) is 0 Å². The Morgan fingerprint density at radius 3 is 2.50 bits per heavy atom. The van der Waals surface area contributed by atoms with Crippen molar-refractivity contribution in [1.82, 2.24) is 14.9 Å². The molecule has 0 aliphatic heterocycles. The summed E-state index contributed by atoms with van der Waals surface area (Å²) in [5, 5.41) is 2.80. The van der Waals surface area contributed by atoms with E-state index in [1.807, 2.05) is 13.8 Å². The van der Waals surface area contributed by atoms with Gasteiger partial charge in [0.15, 0.2) is 0 Å². The first kappa shape index (κ1) is 15.8. The summed E-state index contributed by atoms with van der Waals surface area (Å²) >= 11 is 0. The van der Waals surface area contributed by atoms with Crippen LogP contribution in [0.2, 0.25) is 0 Å². The maximum atomic E-state index is 12.9. The molecule has 3 rings (SSSR count). The van der Waals surface area contributed by atoms with Crippen LogP contribution in [0.25, 0.3) is 16.8 Å². The maximum Gasteiger partial charge on any atom is 0.335 e. The highest BCUT2D eigenvalue weighted by Gasteiger charge is 2.24. The Labute approximate surface area is 136 Å². The lowest BCUT2D eigenvalue weighted by atomic mass is 10.1. The van der Waals surface area contributed by atoms with Crippen molar-refractivity contribution in [2.24, 2.45) is 0 Å². The molecule has 0 fully saturated rings. The van der Waals surface area contributed by atoms with E-state index in [1.54, 1.807) is 37.3 Å².